The maximum Gasteiger partial charge on any atom is 0.345 e. The molecule has 0 atom stereocenters. The molecule has 0 radical (unpaired) electrons. The Morgan fingerprint density at radius 1 is 1.44 bits per heavy atom. The molecule has 0 aliphatic heterocycles. The van der Waals surface area contributed by atoms with Crippen LogP contribution in [-0.4, -0.2) is 21.4 Å². The molecule has 0 unspecified atom stereocenters. The molecule has 0 amide bonds. The number of nitrogens with one attached hydrogen (secondary N) is 1. The van der Waals surface area contributed by atoms with Crippen molar-refractivity contribution >= 4 is 0 Å². The number of furan rings is 1. The number of nitrogens with zero attached hydrogens (tertiary/aromatic N) is 3. The van der Waals surface area contributed by atoms with Crippen LogP contribution in [-0.2, 0) is 20.1 Å². The number of aryl methyl sites for hydroxylation is 1. The Morgan fingerprint density at radius 2 is 2.19 bits per heavy atom. The molecule has 0 spiro atoms. The van der Waals surface area contributed by atoms with E-state index in [1.807, 2.05) is 19.2 Å². The number of hydrogen-bond acceptors (Lipinski definition) is 4. The molecule has 2 aromatic rings. The highest BCUT2D eigenvalue weighted by atomic mass is 16.3. The molecule has 6 heteroatoms. The average Bonchev–Trinajstić information content (AvgIpc) is 2.82. The fraction of sp³-hybridized carbons (Fsp3) is 0.400. The van der Waals surface area contributed by atoms with Gasteiger partial charge in [0.2, 0.25) is 0 Å². The van der Waals surface area contributed by atoms with Gasteiger partial charge in [-0.15, -0.1) is 0 Å². The quantitative estimate of drug-likeness (QED) is 0.787. The Kier molecular flexibility index (Phi) is 2.91. The van der Waals surface area contributed by atoms with Gasteiger partial charge in [0.25, 0.3) is 0 Å². The molecule has 0 aliphatic rings. The molecule has 6 nitrogen and oxygen atoms in total. The summed E-state index contributed by atoms with van der Waals surface area (Å²) in [7, 11) is 3.52. The number of aromatic nitrogens is 3. The lowest BCUT2D eigenvalue weighted by Gasteiger charge is -1.96. The molecule has 0 aromatic carbocycles. The standard InChI is InChI=1S/C10H14N4O2/c1-11-5-8-3-4-9(16-8)6-14-10(15)13(2)7-12-14/h3-4,7,11H,5-6H2,1-2H3. The first-order valence-corrected chi connectivity index (χ1v) is 5.01. The second kappa shape index (κ2) is 4.36. The summed E-state index contributed by atoms with van der Waals surface area (Å²) in [6.45, 7) is 1.04. The van der Waals surface area contributed by atoms with Gasteiger partial charge in [-0.05, 0) is 19.2 Å². The number of hydrogen-bond donors (Lipinski definition) is 1. The van der Waals surface area contributed by atoms with Crippen molar-refractivity contribution in [2.45, 2.75) is 13.1 Å². The SMILES string of the molecule is CNCc1ccc(Cn2ncn(C)c2=O)o1. The summed E-state index contributed by atoms with van der Waals surface area (Å²) >= 11 is 0. The lowest BCUT2D eigenvalue weighted by molar-refractivity contribution is 0.432. The lowest BCUT2D eigenvalue weighted by atomic mass is 10.4. The molecule has 2 rings (SSSR count). The molecule has 0 bridgehead atoms. The van der Waals surface area contributed by atoms with Crippen LogP contribution in [0, 0.1) is 0 Å². The van der Waals surface area contributed by atoms with Crippen LogP contribution in [0.15, 0.2) is 27.7 Å². The summed E-state index contributed by atoms with van der Waals surface area (Å²) in [5, 5.41) is 6.95. The van der Waals surface area contributed by atoms with Gasteiger partial charge in [0, 0.05) is 7.05 Å². The van der Waals surface area contributed by atoms with E-state index in [1.165, 1.54) is 15.6 Å². The molecule has 0 fully saturated rings. The van der Waals surface area contributed by atoms with Gasteiger partial charge in [0.05, 0.1) is 6.54 Å². The Morgan fingerprint density at radius 3 is 2.81 bits per heavy atom. The van der Waals surface area contributed by atoms with E-state index in [0.29, 0.717) is 13.1 Å². The van der Waals surface area contributed by atoms with Crippen molar-refractivity contribution in [2.24, 2.45) is 7.05 Å². The lowest BCUT2D eigenvalue weighted by Crippen LogP contribution is -2.23. The molecule has 1 N–H and O–H groups in total. The van der Waals surface area contributed by atoms with Crippen molar-refractivity contribution in [1.82, 2.24) is 19.7 Å². The van der Waals surface area contributed by atoms with E-state index < -0.39 is 0 Å². The van der Waals surface area contributed by atoms with Crippen molar-refractivity contribution in [3.05, 3.63) is 40.5 Å². The van der Waals surface area contributed by atoms with Crippen LogP contribution in [0.1, 0.15) is 11.5 Å². The Balaban J connectivity index is 2.14. The largest absolute Gasteiger partial charge is 0.463 e. The van der Waals surface area contributed by atoms with E-state index >= 15 is 0 Å². The van der Waals surface area contributed by atoms with Gasteiger partial charge >= 0.3 is 5.69 Å². The summed E-state index contributed by atoms with van der Waals surface area (Å²) in [5.41, 5.74) is -0.147. The summed E-state index contributed by atoms with van der Waals surface area (Å²) in [4.78, 5) is 11.5. The van der Waals surface area contributed by atoms with E-state index in [4.69, 9.17) is 4.42 Å². The molecule has 0 saturated heterocycles. The van der Waals surface area contributed by atoms with Gasteiger partial charge in [-0.1, -0.05) is 0 Å². The second-order valence-corrected chi connectivity index (χ2v) is 3.58. The molecule has 0 aliphatic carbocycles. The van der Waals surface area contributed by atoms with Gasteiger partial charge < -0.3 is 9.73 Å². The van der Waals surface area contributed by atoms with Gasteiger partial charge in [-0.3, -0.25) is 4.57 Å². The van der Waals surface area contributed by atoms with Gasteiger partial charge in [-0.25, -0.2) is 9.48 Å². The molecule has 2 aromatic heterocycles. The summed E-state index contributed by atoms with van der Waals surface area (Å²) in [6, 6.07) is 3.74. The first-order chi connectivity index (χ1) is 7.70. The topological polar surface area (TPSA) is 65.0 Å². The van der Waals surface area contributed by atoms with E-state index in [-0.39, 0.29) is 5.69 Å². The van der Waals surface area contributed by atoms with Crippen molar-refractivity contribution < 1.29 is 4.42 Å². The van der Waals surface area contributed by atoms with E-state index in [2.05, 4.69) is 10.4 Å². The Labute approximate surface area is 92.5 Å². The van der Waals surface area contributed by atoms with Crippen LogP contribution >= 0.6 is 0 Å². The normalized spacial score (nSPS) is 10.9. The number of rotatable bonds is 4. The van der Waals surface area contributed by atoms with Crippen LogP contribution in [0.4, 0.5) is 0 Å². The third-order valence-corrected chi connectivity index (χ3v) is 2.26. The van der Waals surface area contributed by atoms with Crippen LogP contribution in [0.2, 0.25) is 0 Å². The average molecular weight is 222 g/mol. The maximum atomic E-state index is 11.5. The zero-order valence-corrected chi connectivity index (χ0v) is 9.30. The Hall–Kier alpha value is -1.82. The maximum absolute atomic E-state index is 11.5. The summed E-state index contributed by atoms with van der Waals surface area (Å²) in [5.74, 6) is 1.58. The monoisotopic (exact) mass is 222 g/mol. The van der Waals surface area contributed by atoms with Crippen LogP contribution in [0.5, 0.6) is 0 Å². The van der Waals surface area contributed by atoms with Crippen molar-refractivity contribution in [1.29, 1.82) is 0 Å². The van der Waals surface area contributed by atoms with Crippen LogP contribution in [0.3, 0.4) is 0 Å². The zero-order chi connectivity index (χ0) is 11.5. The smallest absolute Gasteiger partial charge is 0.345 e. The Bertz CT molecular complexity index is 523. The predicted octanol–water partition coefficient (Wildman–Crippen LogP) is -0.0575. The molecule has 2 heterocycles. The first-order valence-electron chi connectivity index (χ1n) is 5.01. The van der Waals surface area contributed by atoms with Crippen molar-refractivity contribution in [2.75, 3.05) is 7.05 Å². The first kappa shape index (κ1) is 10.7. The molecule has 86 valence electrons. The van der Waals surface area contributed by atoms with Crippen molar-refractivity contribution in [3.8, 4) is 0 Å². The molecule has 16 heavy (non-hydrogen) atoms. The van der Waals surface area contributed by atoms with Gasteiger partial charge in [-0.2, -0.15) is 5.10 Å². The molecular weight excluding hydrogens is 208 g/mol. The fourth-order valence-corrected chi connectivity index (χ4v) is 1.45. The molecular formula is C10H14N4O2. The van der Waals surface area contributed by atoms with Crippen LogP contribution in [0.25, 0.3) is 0 Å². The highest BCUT2D eigenvalue weighted by Crippen LogP contribution is 2.07. The summed E-state index contributed by atoms with van der Waals surface area (Å²) < 4.78 is 8.31. The van der Waals surface area contributed by atoms with Gasteiger partial charge in [0.1, 0.15) is 24.4 Å². The molecule has 0 saturated carbocycles. The summed E-state index contributed by atoms with van der Waals surface area (Å²) in [6.07, 6.45) is 1.49. The van der Waals surface area contributed by atoms with E-state index in [0.717, 1.165) is 11.5 Å². The van der Waals surface area contributed by atoms with Crippen LogP contribution < -0.4 is 11.0 Å². The minimum absolute atomic E-state index is 0.147. The second-order valence-electron chi connectivity index (χ2n) is 3.58. The highest BCUT2D eigenvalue weighted by molar-refractivity contribution is 5.07. The van der Waals surface area contributed by atoms with Crippen molar-refractivity contribution in [3.63, 3.8) is 0 Å². The van der Waals surface area contributed by atoms with E-state index in [1.54, 1.807) is 7.05 Å². The van der Waals surface area contributed by atoms with E-state index in [9.17, 15) is 4.79 Å². The fourth-order valence-electron chi connectivity index (χ4n) is 1.45. The van der Waals surface area contributed by atoms with Gasteiger partial charge in [0.15, 0.2) is 0 Å². The third kappa shape index (κ3) is 2.06. The third-order valence-electron chi connectivity index (χ3n) is 2.26. The predicted molar refractivity (Wildman–Crippen MR) is 58.0 cm³/mol. The minimum Gasteiger partial charge on any atom is -0.463 e. The highest BCUT2D eigenvalue weighted by Gasteiger charge is 2.06. The zero-order valence-electron chi connectivity index (χ0n) is 9.30. The minimum atomic E-state index is -0.147.